The van der Waals surface area contributed by atoms with Crippen molar-refractivity contribution in [2.75, 3.05) is 5.32 Å². The zero-order valence-electron chi connectivity index (χ0n) is 10.8. The lowest BCUT2D eigenvalue weighted by Crippen LogP contribution is -2.31. The molecule has 106 valence electrons. The normalized spacial score (nSPS) is 11.9. The molecule has 0 aromatic carbocycles. The van der Waals surface area contributed by atoms with Gasteiger partial charge in [0.25, 0.3) is 0 Å². The van der Waals surface area contributed by atoms with Crippen LogP contribution in [0.4, 0.5) is 9.80 Å². The summed E-state index contributed by atoms with van der Waals surface area (Å²) in [6.07, 6.45) is 0. The Bertz CT molecular complexity index is 635. The average Bonchev–Trinajstić information content (AvgIpc) is 2.97. The van der Waals surface area contributed by atoms with Crippen LogP contribution in [-0.2, 0) is 0 Å². The van der Waals surface area contributed by atoms with Gasteiger partial charge < -0.3 is 10.4 Å². The molecule has 0 aliphatic rings. The third kappa shape index (κ3) is 3.34. The van der Waals surface area contributed by atoms with Gasteiger partial charge in [-0.3, -0.25) is 5.32 Å². The minimum absolute atomic E-state index is 0.0860. The summed E-state index contributed by atoms with van der Waals surface area (Å²) in [7, 11) is 0. The zero-order chi connectivity index (χ0) is 14.7. The van der Waals surface area contributed by atoms with Crippen LogP contribution < -0.4 is 10.6 Å². The highest BCUT2D eigenvalue weighted by Crippen LogP contribution is 2.23. The molecule has 8 heteroatoms. The molecule has 0 fully saturated rings. The number of aryl methyl sites for hydroxylation is 1. The van der Waals surface area contributed by atoms with Gasteiger partial charge in [0.15, 0.2) is 0 Å². The molecule has 2 aromatic rings. The number of nitrogens with zero attached hydrogens (tertiary/aromatic N) is 1. The van der Waals surface area contributed by atoms with Gasteiger partial charge in [0.05, 0.1) is 11.6 Å². The quantitative estimate of drug-likeness (QED) is 0.809. The standard InChI is InChI=1S/C12H13N3O3S2/c1-6-5-20-9(13-6)7(2)14-12(18)15-10-8(11(16)17)3-4-19-10/h3-5,7H,1-2H3,(H,16,17)(H2,14,15,18). The molecule has 2 rings (SSSR count). The van der Waals surface area contributed by atoms with Crippen LogP contribution in [0, 0.1) is 6.92 Å². The number of rotatable bonds is 4. The first-order valence-corrected chi connectivity index (χ1v) is 7.53. The van der Waals surface area contributed by atoms with Crippen LogP contribution in [0.3, 0.4) is 0 Å². The van der Waals surface area contributed by atoms with Gasteiger partial charge in [-0.2, -0.15) is 0 Å². The van der Waals surface area contributed by atoms with Gasteiger partial charge >= 0.3 is 12.0 Å². The molecule has 2 aromatic heterocycles. The third-order valence-corrected chi connectivity index (χ3v) is 4.45. The molecular weight excluding hydrogens is 298 g/mol. The molecule has 3 N–H and O–H groups in total. The first kappa shape index (κ1) is 14.5. The Morgan fingerprint density at radius 2 is 2.15 bits per heavy atom. The second kappa shape index (κ2) is 6.02. The van der Waals surface area contributed by atoms with E-state index >= 15 is 0 Å². The summed E-state index contributed by atoms with van der Waals surface area (Å²) < 4.78 is 0. The highest BCUT2D eigenvalue weighted by molar-refractivity contribution is 7.14. The Morgan fingerprint density at radius 3 is 2.75 bits per heavy atom. The number of nitrogens with one attached hydrogen (secondary N) is 2. The first-order valence-electron chi connectivity index (χ1n) is 5.77. The molecule has 20 heavy (non-hydrogen) atoms. The lowest BCUT2D eigenvalue weighted by Gasteiger charge is -2.12. The maximum Gasteiger partial charge on any atom is 0.338 e. The molecule has 6 nitrogen and oxygen atoms in total. The fraction of sp³-hybridized carbons (Fsp3) is 0.250. The number of carbonyl (C=O) groups is 2. The second-order valence-electron chi connectivity index (χ2n) is 4.12. The number of carbonyl (C=O) groups excluding carboxylic acids is 1. The minimum Gasteiger partial charge on any atom is -0.478 e. The summed E-state index contributed by atoms with van der Waals surface area (Å²) in [5.41, 5.74) is 0.994. The van der Waals surface area contributed by atoms with Crippen LogP contribution in [0.1, 0.15) is 34.0 Å². The van der Waals surface area contributed by atoms with Crippen LogP contribution in [0.25, 0.3) is 0 Å². The van der Waals surface area contributed by atoms with Gasteiger partial charge in [-0.1, -0.05) is 0 Å². The topological polar surface area (TPSA) is 91.3 Å². The van der Waals surface area contributed by atoms with Crippen molar-refractivity contribution in [2.24, 2.45) is 0 Å². The summed E-state index contributed by atoms with van der Waals surface area (Å²) in [6.45, 7) is 3.71. The van der Waals surface area contributed by atoms with E-state index in [9.17, 15) is 9.59 Å². The van der Waals surface area contributed by atoms with E-state index in [-0.39, 0.29) is 11.6 Å². The van der Waals surface area contributed by atoms with E-state index in [0.29, 0.717) is 5.00 Å². The molecule has 0 bridgehead atoms. The predicted molar refractivity (Wildman–Crippen MR) is 78.7 cm³/mol. The van der Waals surface area contributed by atoms with Crippen molar-refractivity contribution in [2.45, 2.75) is 19.9 Å². The fourth-order valence-electron chi connectivity index (χ4n) is 1.54. The number of amides is 2. The SMILES string of the molecule is Cc1csc(C(C)NC(=O)Nc2sccc2C(=O)O)n1. The summed E-state index contributed by atoms with van der Waals surface area (Å²) in [4.78, 5) is 27.1. The van der Waals surface area contributed by atoms with Crippen LogP contribution in [-0.4, -0.2) is 22.1 Å². The maximum atomic E-state index is 11.8. The Morgan fingerprint density at radius 1 is 1.40 bits per heavy atom. The van der Waals surface area contributed by atoms with Crippen LogP contribution in [0.5, 0.6) is 0 Å². The van der Waals surface area contributed by atoms with Gasteiger partial charge in [-0.05, 0) is 25.3 Å². The smallest absolute Gasteiger partial charge is 0.338 e. The van der Waals surface area contributed by atoms with Crippen molar-refractivity contribution in [1.82, 2.24) is 10.3 Å². The lowest BCUT2D eigenvalue weighted by molar-refractivity contribution is 0.0698. The Balaban J connectivity index is 1.99. The molecule has 0 saturated heterocycles. The van der Waals surface area contributed by atoms with Crippen LogP contribution >= 0.6 is 22.7 Å². The van der Waals surface area contributed by atoms with Crippen molar-refractivity contribution in [3.63, 3.8) is 0 Å². The van der Waals surface area contributed by atoms with Crippen molar-refractivity contribution >= 4 is 39.7 Å². The van der Waals surface area contributed by atoms with E-state index in [1.807, 2.05) is 19.2 Å². The van der Waals surface area contributed by atoms with Crippen molar-refractivity contribution < 1.29 is 14.7 Å². The molecule has 0 spiro atoms. The monoisotopic (exact) mass is 311 g/mol. The van der Waals surface area contributed by atoms with Gasteiger partial charge in [-0.15, -0.1) is 22.7 Å². The number of urea groups is 1. The highest BCUT2D eigenvalue weighted by atomic mass is 32.1. The zero-order valence-corrected chi connectivity index (χ0v) is 12.5. The van der Waals surface area contributed by atoms with E-state index < -0.39 is 12.0 Å². The fourth-order valence-corrected chi connectivity index (χ4v) is 3.12. The summed E-state index contributed by atoms with van der Waals surface area (Å²) in [5, 5.41) is 18.9. The summed E-state index contributed by atoms with van der Waals surface area (Å²) in [5.74, 6) is -1.06. The molecular formula is C12H13N3O3S2. The van der Waals surface area contributed by atoms with Crippen molar-refractivity contribution in [1.29, 1.82) is 0 Å². The average molecular weight is 311 g/mol. The minimum atomic E-state index is -1.06. The van der Waals surface area contributed by atoms with E-state index in [1.54, 1.807) is 5.38 Å². The number of anilines is 1. The number of aromatic carboxylic acids is 1. The maximum absolute atomic E-state index is 11.8. The van der Waals surface area contributed by atoms with Crippen molar-refractivity contribution in [3.05, 3.63) is 33.1 Å². The molecule has 1 atom stereocenters. The summed E-state index contributed by atoms with van der Waals surface area (Å²) in [6, 6.07) is 0.771. The Labute approximate surface area is 123 Å². The van der Waals surface area contributed by atoms with E-state index in [2.05, 4.69) is 15.6 Å². The number of thiophene rings is 1. The molecule has 0 saturated carbocycles. The predicted octanol–water partition coefficient (Wildman–Crippen LogP) is 3.09. The second-order valence-corrected chi connectivity index (χ2v) is 5.92. The number of carboxylic acid groups (broad SMARTS) is 1. The molecule has 1 unspecified atom stereocenters. The number of hydrogen-bond donors (Lipinski definition) is 3. The Kier molecular flexibility index (Phi) is 4.35. The third-order valence-electron chi connectivity index (χ3n) is 2.48. The number of carboxylic acids is 1. The number of aromatic nitrogens is 1. The number of hydrogen-bond acceptors (Lipinski definition) is 5. The van der Waals surface area contributed by atoms with Crippen LogP contribution in [0.15, 0.2) is 16.8 Å². The van der Waals surface area contributed by atoms with Crippen LogP contribution in [0.2, 0.25) is 0 Å². The van der Waals surface area contributed by atoms with E-state index in [0.717, 1.165) is 10.7 Å². The molecule has 0 aliphatic carbocycles. The molecule has 2 amide bonds. The largest absolute Gasteiger partial charge is 0.478 e. The first-order chi connectivity index (χ1) is 9.47. The van der Waals surface area contributed by atoms with E-state index in [4.69, 9.17) is 5.11 Å². The van der Waals surface area contributed by atoms with Gasteiger partial charge in [0, 0.05) is 11.1 Å². The van der Waals surface area contributed by atoms with Gasteiger partial charge in [0.1, 0.15) is 10.0 Å². The molecule has 2 heterocycles. The highest BCUT2D eigenvalue weighted by Gasteiger charge is 2.16. The molecule has 0 aliphatic heterocycles. The number of thiazole rings is 1. The Hall–Kier alpha value is -1.93. The lowest BCUT2D eigenvalue weighted by atomic mass is 10.3. The molecule has 0 radical (unpaired) electrons. The van der Waals surface area contributed by atoms with E-state index in [1.165, 1.54) is 28.7 Å². The van der Waals surface area contributed by atoms with Gasteiger partial charge in [-0.25, -0.2) is 14.6 Å². The van der Waals surface area contributed by atoms with Gasteiger partial charge in [0.2, 0.25) is 0 Å². The summed E-state index contributed by atoms with van der Waals surface area (Å²) >= 11 is 2.64. The van der Waals surface area contributed by atoms with Crippen molar-refractivity contribution in [3.8, 4) is 0 Å².